The van der Waals surface area contributed by atoms with Crippen molar-refractivity contribution < 1.29 is 4.79 Å². The van der Waals surface area contributed by atoms with E-state index in [1.807, 2.05) is 13.8 Å². The average Bonchev–Trinajstić information content (AvgIpc) is 2.28. The zero-order valence-corrected chi connectivity index (χ0v) is 12.1. The first-order chi connectivity index (χ1) is 8.41. The van der Waals surface area contributed by atoms with Crippen molar-refractivity contribution in [1.82, 2.24) is 4.90 Å². The first-order valence-corrected chi connectivity index (χ1v) is 6.55. The average molecular weight is 285 g/mol. The van der Waals surface area contributed by atoms with E-state index in [1.165, 1.54) is 0 Å². The maximum atomic E-state index is 12.3. The monoisotopic (exact) mass is 284 g/mol. The zero-order chi connectivity index (χ0) is 13.7. The molecule has 0 spiro atoms. The van der Waals surface area contributed by atoms with E-state index in [9.17, 15) is 4.79 Å². The minimum atomic E-state index is -0.0521. The molecule has 0 bridgehead atoms. The van der Waals surface area contributed by atoms with E-state index >= 15 is 0 Å². The number of amides is 1. The van der Waals surface area contributed by atoms with Gasteiger partial charge in [0.25, 0.3) is 5.91 Å². The summed E-state index contributed by atoms with van der Waals surface area (Å²) in [7, 11) is 0. The molecule has 0 radical (unpaired) electrons. The van der Waals surface area contributed by atoms with Crippen molar-refractivity contribution in [3.63, 3.8) is 0 Å². The van der Waals surface area contributed by atoms with Crippen molar-refractivity contribution in [2.24, 2.45) is 5.73 Å². The summed E-state index contributed by atoms with van der Waals surface area (Å²) in [5.74, 6) is -0.0521. The van der Waals surface area contributed by atoms with Crippen molar-refractivity contribution in [1.29, 1.82) is 0 Å². The number of carbonyl (C=O) groups is 1. The molecule has 0 aliphatic rings. The van der Waals surface area contributed by atoms with E-state index in [1.54, 1.807) is 29.2 Å². The highest BCUT2D eigenvalue weighted by Crippen LogP contribution is 2.14. The third-order valence-electron chi connectivity index (χ3n) is 2.55. The number of hydrogen-bond donors (Lipinski definition) is 1. The molecule has 1 amide bonds. The van der Waals surface area contributed by atoms with Crippen molar-refractivity contribution in [3.8, 4) is 0 Å². The Labute approximate surface area is 118 Å². The summed E-state index contributed by atoms with van der Waals surface area (Å²) in [5.41, 5.74) is 6.06. The van der Waals surface area contributed by atoms with Gasteiger partial charge in [-0.05, 0) is 32.0 Å². The minimum Gasteiger partial charge on any atom is -0.393 e. The van der Waals surface area contributed by atoms with E-state index in [-0.39, 0.29) is 11.9 Å². The normalized spacial score (nSPS) is 10.4. The van der Waals surface area contributed by atoms with Gasteiger partial charge in [0.05, 0.1) is 4.99 Å². The number of carbonyl (C=O) groups excluding carboxylic acids is 1. The second kappa shape index (κ2) is 6.71. The number of nitrogens with two attached hydrogens (primary N) is 1. The van der Waals surface area contributed by atoms with Crippen molar-refractivity contribution in [3.05, 3.63) is 34.9 Å². The zero-order valence-electron chi connectivity index (χ0n) is 10.5. The van der Waals surface area contributed by atoms with Gasteiger partial charge in [-0.15, -0.1) is 0 Å². The van der Waals surface area contributed by atoms with E-state index in [0.717, 1.165) is 0 Å². The topological polar surface area (TPSA) is 46.3 Å². The van der Waals surface area contributed by atoms with Gasteiger partial charge in [0.1, 0.15) is 0 Å². The molecule has 98 valence electrons. The van der Waals surface area contributed by atoms with Gasteiger partial charge < -0.3 is 10.6 Å². The van der Waals surface area contributed by atoms with Gasteiger partial charge in [0.15, 0.2) is 0 Å². The molecule has 0 fully saturated rings. The van der Waals surface area contributed by atoms with Gasteiger partial charge in [-0.1, -0.05) is 29.9 Å². The van der Waals surface area contributed by atoms with Crippen molar-refractivity contribution in [2.75, 3.05) is 6.54 Å². The summed E-state index contributed by atoms with van der Waals surface area (Å²) in [4.78, 5) is 14.5. The third-order valence-corrected chi connectivity index (χ3v) is 2.99. The Balaban J connectivity index is 2.85. The van der Waals surface area contributed by atoms with Crippen LogP contribution < -0.4 is 5.73 Å². The Morgan fingerprint density at radius 1 is 1.50 bits per heavy atom. The lowest BCUT2D eigenvalue weighted by atomic mass is 10.1. The van der Waals surface area contributed by atoms with E-state index in [2.05, 4.69) is 0 Å². The Morgan fingerprint density at radius 2 is 2.17 bits per heavy atom. The molecule has 5 heteroatoms. The molecule has 0 unspecified atom stereocenters. The Morgan fingerprint density at radius 3 is 2.67 bits per heavy atom. The summed E-state index contributed by atoms with van der Waals surface area (Å²) < 4.78 is 0. The largest absolute Gasteiger partial charge is 0.393 e. The molecule has 1 rings (SSSR count). The number of thiocarbonyl (C=S) groups is 1. The lowest BCUT2D eigenvalue weighted by Gasteiger charge is -2.26. The Hall–Kier alpha value is -1.13. The first kappa shape index (κ1) is 14.9. The van der Waals surface area contributed by atoms with E-state index < -0.39 is 0 Å². The number of benzene rings is 1. The maximum absolute atomic E-state index is 12.3. The summed E-state index contributed by atoms with van der Waals surface area (Å²) in [6.45, 7) is 4.45. The van der Waals surface area contributed by atoms with Crippen LogP contribution in [0.1, 0.15) is 30.6 Å². The third kappa shape index (κ3) is 4.27. The lowest BCUT2D eigenvalue weighted by Crippen LogP contribution is -2.38. The molecule has 0 aliphatic carbocycles. The predicted molar refractivity (Wildman–Crippen MR) is 79.0 cm³/mol. The molecule has 0 heterocycles. The molecule has 0 saturated heterocycles. The minimum absolute atomic E-state index is 0.0521. The van der Waals surface area contributed by atoms with E-state index in [0.29, 0.717) is 28.5 Å². The molecule has 0 atom stereocenters. The van der Waals surface area contributed by atoms with Gasteiger partial charge in [-0.3, -0.25) is 4.79 Å². The molecule has 2 N–H and O–H groups in total. The van der Waals surface area contributed by atoms with E-state index in [4.69, 9.17) is 29.6 Å². The maximum Gasteiger partial charge on any atom is 0.254 e. The summed E-state index contributed by atoms with van der Waals surface area (Å²) in [6.07, 6.45) is 0.528. The second-order valence-corrected chi connectivity index (χ2v) is 5.28. The van der Waals surface area contributed by atoms with Crippen LogP contribution in [0.3, 0.4) is 0 Å². The van der Waals surface area contributed by atoms with Crippen LogP contribution in [0.4, 0.5) is 0 Å². The van der Waals surface area contributed by atoms with Gasteiger partial charge >= 0.3 is 0 Å². The SMILES string of the molecule is CC(C)N(CCC(N)=S)C(=O)c1cccc(Cl)c1. The molecule has 0 aliphatic heterocycles. The summed E-state index contributed by atoms with van der Waals surface area (Å²) in [5, 5.41) is 0.555. The quantitative estimate of drug-likeness (QED) is 0.846. The van der Waals surface area contributed by atoms with Crippen LogP contribution in [0.25, 0.3) is 0 Å². The van der Waals surface area contributed by atoms with Crippen molar-refractivity contribution in [2.45, 2.75) is 26.3 Å². The fourth-order valence-corrected chi connectivity index (χ4v) is 1.89. The number of nitrogens with zero attached hydrogens (tertiary/aromatic N) is 1. The molecular weight excluding hydrogens is 268 g/mol. The highest BCUT2D eigenvalue weighted by atomic mass is 35.5. The molecule has 0 saturated carbocycles. The van der Waals surface area contributed by atoms with Gasteiger partial charge in [-0.2, -0.15) is 0 Å². The smallest absolute Gasteiger partial charge is 0.254 e. The molecular formula is C13H17ClN2OS. The van der Waals surface area contributed by atoms with Crippen LogP contribution in [-0.2, 0) is 0 Å². The fraction of sp³-hybridized carbons (Fsp3) is 0.385. The predicted octanol–water partition coefficient (Wildman–Crippen LogP) is 2.87. The number of halogens is 1. The lowest BCUT2D eigenvalue weighted by molar-refractivity contribution is 0.0711. The van der Waals surface area contributed by atoms with Crippen LogP contribution in [-0.4, -0.2) is 28.4 Å². The van der Waals surface area contributed by atoms with Crippen LogP contribution in [0, 0.1) is 0 Å². The molecule has 0 aromatic heterocycles. The Kier molecular flexibility index (Phi) is 5.56. The van der Waals surface area contributed by atoms with Crippen LogP contribution in [0.15, 0.2) is 24.3 Å². The highest BCUT2D eigenvalue weighted by molar-refractivity contribution is 7.80. The second-order valence-electron chi connectivity index (χ2n) is 4.32. The fourth-order valence-electron chi connectivity index (χ4n) is 1.61. The number of rotatable bonds is 5. The standard InChI is InChI=1S/C13H17ClN2OS/c1-9(2)16(7-6-12(15)18)13(17)10-4-3-5-11(14)8-10/h3-5,8-9H,6-7H2,1-2H3,(H2,15,18). The molecule has 3 nitrogen and oxygen atoms in total. The van der Waals surface area contributed by atoms with Crippen LogP contribution >= 0.6 is 23.8 Å². The highest BCUT2D eigenvalue weighted by Gasteiger charge is 2.18. The summed E-state index contributed by atoms with van der Waals surface area (Å²) >= 11 is 10.7. The van der Waals surface area contributed by atoms with Gasteiger partial charge in [0.2, 0.25) is 0 Å². The molecule has 1 aromatic rings. The van der Waals surface area contributed by atoms with Crippen molar-refractivity contribution >= 4 is 34.7 Å². The molecule has 1 aromatic carbocycles. The number of hydrogen-bond acceptors (Lipinski definition) is 2. The van der Waals surface area contributed by atoms with Crippen LogP contribution in [0.5, 0.6) is 0 Å². The van der Waals surface area contributed by atoms with Gasteiger partial charge in [-0.25, -0.2) is 0 Å². The molecule has 18 heavy (non-hydrogen) atoms. The first-order valence-electron chi connectivity index (χ1n) is 5.76. The Bertz CT molecular complexity index is 448. The van der Waals surface area contributed by atoms with Crippen LogP contribution in [0.2, 0.25) is 5.02 Å². The van der Waals surface area contributed by atoms with Gasteiger partial charge in [0, 0.05) is 29.6 Å². The summed E-state index contributed by atoms with van der Waals surface area (Å²) in [6, 6.07) is 7.02.